The highest BCUT2D eigenvalue weighted by Gasteiger charge is 2.20. The smallest absolute Gasteiger partial charge is 0.193 e. The molecule has 6 heteroatoms. The minimum absolute atomic E-state index is 0. The predicted octanol–water partition coefficient (Wildman–Crippen LogP) is 3.19. The zero-order valence-electron chi connectivity index (χ0n) is 14.7. The van der Waals surface area contributed by atoms with Crippen molar-refractivity contribution < 1.29 is 9.47 Å². The van der Waals surface area contributed by atoms with Crippen LogP contribution in [-0.4, -0.2) is 45.2 Å². The molecule has 1 aromatic rings. The average Bonchev–Trinajstić information content (AvgIpc) is 2.47. The lowest BCUT2D eigenvalue weighted by Gasteiger charge is -2.32. The molecule has 0 bridgehead atoms. The van der Waals surface area contributed by atoms with Crippen molar-refractivity contribution in [3.05, 3.63) is 23.3 Å². The number of nitrogens with one attached hydrogen (secondary N) is 1. The van der Waals surface area contributed by atoms with Gasteiger partial charge in [0.2, 0.25) is 0 Å². The van der Waals surface area contributed by atoms with Gasteiger partial charge in [-0.05, 0) is 49.4 Å². The van der Waals surface area contributed by atoms with Gasteiger partial charge in [-0.15, -0.1) is 24.0 Å². The molecule has 0 spiro atoms. The summed E-state index contributed by atoms with van der Waals surface area (Å²) in [4.78, 5) is 6.53. The third kappa shape index (κ3) is 4.89. The van der Waals surface area contributed by atoms with Crippen LogP contribution in [0.1, 0.15) is 30.4 Å². The SMILES string of the molecule is CN=C(NC1CCC1)N(C)Cc1cc(OC)c(OC)cc1C.I. The summed E-state index contributed by atoms with van der Waals surface area (Å²) >= 11 is 0. The van der Waals surface area contributed by atoms with Crippen molar-refractivity contribution in [3.63, 3.8) is 0 Å². The predicted molar refractivity (Wildman–Crippen MR) is 105 cm³/mol. The Morgan fingerprint density at radius 3 is 2.35 bits per heavy atom. The van der Waals surface area contributed by atoms with Gasteiger partial charge in [0.15, 0.2) is 17.5 Å². The minimum Gasteiger partial charge on any atom is -0.493 e. The molecule has 0 aromatic heterocycles. The van der Waals surface area contributed by atoms with Gasteiger partial charge in [0.1, 0.15) is 0 Å². The molecule has 1 aliphatic rings. The van der Waals surface area contributed by atoms with Crippen molar-refractivity contribution >= 4 is 29.9 Å². The topological polar surface area (TPSA) is 46.1 Å². The lowest BCUT2D eigenvalue weighted by molar-refractivity contribution is 0.351. The van der Waals surface area contributed by atoms with Crippen LogP contribution in [0.2, 0.25) is 0 Å². The quantitative estimate of drug-likeness (QED) is 0.440. The van der Waals surface area contributed by atoms with Crippen LogP contribution in [0.4, 0.5) is 0 Å². The minimum atomic E-state index is 0. The molecule has 23 heavy (non-hydrogen) atoms. The van der Waals surface area contributed by atoms with Gasteiger partial charge < -0.3 is 19.7 Å². The summed E-state index contributed by atoms with van der Waals surface area (Å²) in [5, 5.41) is 3.51. The summed E-state index contributed by atoms with van der Waals surface area (Å²) in [6, 6.07) is 4.64. The lowest BCUT2D eigenvalue weighted by atomic mass is 9.93. The van der Waals surface area contributed by atoms with E-state index in [-0.39, 0.29) is 24.0 Å². The first-order valence-electron chi connectivity index (χ1n) is 7.75. The van der Waals surface area contributed by atoms with E-state index >= 15 is 0 Å². The summed E-state index contributed by atoms with van der Waals surface area (Å²) in [5.74, 6) is 2.47. The molecule has 5 nitrogen and oxygen atoms in total. The molecule has 1 saturated carbocycles. The van der Waals surface area contributed by atoms with Gasteiger partial charge in [0.25, 0.3) is 0 Å². The second-order valence-corrected chi connectivity index (χ2v) is 5.81. The lowest BCUT2D eigenvalue weighted by Crippen LogP contribution is -2.46. The average molecular weight is 433 g/mol. The third-order valence-electron chi connectivity index (χ3n) is 4.26. The van der Waals surface area contributed by atoms with E-state index in [4.69, 9.17) is 9.47 Å². The van der Waals surface area contributed by atoms with E-state index in [1.165, 1.54) is 30.4 Å². The molecule has 130 valence electrons. The Bertz CT molecular complexity index is 545. The van der Waals surface area contributed by atoms with E-state index in [9.17, 15) is 0 Å². The van der Waals surface area contributed by atoms with Crippen molar-refractivity contribution in [2.45, 2.75) is 38.8 Å². The molecule has 2 rings (SSSR count). The number of aryl methyl sites for hydroxylation is 1. The number of methoxy groups -OCH3 is 2. The first-order chi connectivity index (χ1) is 10.6. The van der Waals surface area contributed by atoms with Gasteiger partial charge in [-0.25, -0.2) is 0 Å². The molecular formula is C17H28IN3O2. The van der Waals surface area contributed by atoms with Crippen LogP contribution in [0.15, 0.2) is 17.1 Å². The van der Waals surface area contributed by atoms with E-state index in [0.717, 1.165) is 24.0 Å². The number of benzene rings is 1. The number of hydrogen-bond donors (Lipinski definition) is 1. The van der Waals surface area contributed by atoms with E-state index in [1.807, 2.05) is 19.2 Å². The first-order valence-corrected chi connectivity index (χ1v) is 7.75. The zero-order chi connectivity index (χ0) is 16.1. The fourth-order valence-electron chi connectivity index (χ4n) is 2.60. The van der Waals surface area contributed by atoms with Crippen LogP contribution in [0.25, 0.3) is 0 Å². The van der Waals surface area contributed by atoms with Crippen LogP contribution < -0.4 is 14.8 Å². The summed E-state index contributed by atoms with van der Waals surface area (Å²) < 4.78 is 10.7. The Kier molecular flexibility index (Phi) is 7.94. The summed E-state index contributed by atoms with van der Waals surface area (Å²) in [6.45, 7) is 2.87. The monoisotopic (exact) mass is 433 g/mol. The highest BCUT2D eigenvalue weighted by atomic mass is 127. The molecule has 1 aliphatic carbocycles. The number of rotatable bonds is 5. The summed E-state index contributed by atoms with van der Waals surface area (Å²) in [5.41, 5.74) is 2.39. The summed E-state index contributed by atoms with van der Waals surface area (Å²) in [7, 11) is 7.22. The van der Waals surface area contributed by atoms with Crippen molar-refractivity contribution in [2.75, 3.05) is 28.3 Å². The fraction of sp³-hybridized carbons (Fsp3) is 0.588. The second kappa shape index (κ2) is 9.20. The summed E-state index contributed by atoms with van der Waals surface area (Å²) in [6.07, 6.45) is 3.79. The molecule has 0 radical (unpaired) electrons. The van der Waals surface area contributed by atoms with Crippen molar-refractivity contribution in [3.8, 4) is 11.5 Å². The normalized spacial score (nSPS) is 14.6. The van der Waals surface area contributed by atoms with E-state index in [2.05, 4.69) is 29.2 Å². The maximum Gasteiger partial charge on any atom is 0.193 e. The fourth-order valence-corrected chi connectivity index (χ4v) is 2.60. The van der Waals surface area contributed by atoms with Crippen LogP contribution in [0.3, 0.4) is 0 Å². The Labute approximate surface area is 156 Å². The number of guanidine groups is 1. The number of aliphatic imine (C=N–C) groups is 1. The van der Waals surface area contributed by atoms with Gasteiger partial charge in [0.05, 0.1) is 14.2 Å². The van der Waals surface area contributed by atoms with Crippen LogP contribution in [0, 0.1) is 6.92 Å². The van der Waals surface area contributed by atoms with Crippen molar-refractivity contribution in [1.29, 1.82) is 0 Å². The van der Waals surface area contributed by atoms with E-state index < -0.39 is 0 Å². The number of ether oxygens (including phenoxy) is 2. The molecule has 0 atom stereocenters. The van der Waals surface area contributed by atoms with Gasteiger partial charge in [0, 0.05) is 26.7 Å². The molecule has 0 heterocycles. The standard InChI is InChI=1S/C17H27N3O2.HI/c1-12-9-15(21-4)16(22-5)10-13(12)11-20(3)17(18-2)19-14-7-6-8-14;/h9-10,14H,6-8,11H2,1-5H3,(H,18,19);1H. The zero-order valence-corrected chi connectivity index (χ0v) is 17.0. The Morgan fingerprint density at radius 2 is 1.87 bits per heavy atom. The Balaban J connectivity index is 0.00000264. The maximum atomic E-state index is 5.40. The molecule has 1 N–H and O–H groups in total. The van der Waals surface area contributed by atoms with Gasteiger partial charge >= 0.3 is 0 Å². The number of halogens is 1. The molecule has 0 amide bonds. The first kappa shape index (κ1) is 19.9. The van der Waals surface area contributed by atoms with Gasteiger partial charge in [-0.2, -0.15) is 0 Å². The molecular weight excluding hydrogens is 405 g/mol. The van der Waals surface area contributed by atoms with Gasteiger partial charge in [-0.1, -0.05) is 0 Å². The Hall–Kier alpha value is -1.18. The number of nitrogens with zero attached hydrogens (tertiary/aromatic N) is 2. The highest BCUT2D eigenvalue weighted by Crippen LogP contribution is 2.30. The van der Waals surface area contributed by atoms with Crippen molar-refractivity contribution in [2.24, 2.45) is 4.99 Å². The van der Waals surface area contributed by atoms with E-state index in [1.54, 1.807) is 14.2 Å². The van der Waals surface area contributed by atoms with Crippen LogP contribution in [0.5, 0.6) is 11.5 Å². The molecule has 1 aromatic carbocycles. The molecule has 0 aliphatic heterocycles. The Morgan fingerprint density at radius 1 is 1.26 bits per heavy atom. The second-order valence-electron chi connectivity index (χ2n) is 5.81. The molecule has 0 saturated heterocycles. The molecule has 0 unspecified atom stereocenters. The van der Waals surface area contributed by atoms with Crippen LogP contribution >= 0.6 is 24.0 Å². The number of hydrogen-bond acceptors (Lipinski definition) is 3. The van der Waals surface area contributed by atoms with Crippen LogP contribution in [-0.2, 0) is 6.54 Å². The largest absolute Gasteiger partial charge is 0.493 e. The highest BCUT2D eigenvalue weighted by molar-refractivity contribution is 14.0. The molecule has 1 fully saturated rings. The third-order valence-corrected chi connectivity index (χ3v) is 4.26. The maximum absolute atomic E-state index is 5.40. The van der Waals surface area contributed by atoms with Gasteiger partial charge in [-0.3, -0.25) is 4.99 Å². The van der Waals surface area contributed by atoms with Crippen molar-refractivity contribution in [1.82, 2.24) is 10.2 Å². The van der Waals surface area contributed by atoms with E-state index in [0.29, 0.717) is 6.04 Å².